The van der Waals surface area contributed by atoms with Crippen molar-refractivity contribution in [2.45, 2.75) is 11.8 Å². The van der Waals surface area contributed by atoms with Crippen LogP contribution in [0.4, 0.5) is 11.4 Å². The number of hydrogen-bond acceptors (Lipinski definition) is 7. The molecule has 184 valence electrons. The summed E-state index contributed by atoms with van der Waals surface area (Å²) < 4.78 is 38.6. The van der Waals surface area contributed by atoms with E-state index in [4.69, 9.17) is 21.1 Å². The van der Waals surface area contributed by atoms with Crippen LogP contribution in [0.5, 0.6) is 17.4 Å². The first-order valence-electron chi connectivity index (χ1n) is 10.9. The van der Waals surface area contributed by atoms with Crippen LogP contribution in [0.3, 0.4) is 0 Å². The van der Waals surface area contributed by atoms with E-state index in [2.05, 4.69) is 14.6 Å². The second-order valence-electron chi connectivity index (χ2n) is 7.88. The van der Waals surface area contributed by atoms with Gasteiger partial charge in [-0.25, -0.2) is 13.4 Å². The maximum absolute atomic E-state index is 12.6. The first-order chi connectivity index (χ1) is 16.7. The molecule has 0 saturated carbocycles. The quantitative estimate of drug-likeness (QED) is 0.506. The van der Waals surface area contributed by atoms with E-state index in [0.717, 1.165) is 18.8 Å². The molecule has 35 heavy (non-hydrogen) atoms. The number of halogens is 1. The molecule has 9 nitrogen and oxygen atoms in total. The summed E-state index contributed by atoms with van der Waals surface area (Å²) in [5, 5.41) is 0.157. The van der Waals surface area contributed by atoms with Crippen LogP contribution in [-0.2, 0) is 14.8 Å². The van der Waals surface area contributed by atoms with E-state index in [1.807, 2.05) is 29.2 Å². The predicted molar refractivity (Wildman–Crippen MR) is 134 cm³/mol. The number of pyridine rings is 1. The van der Waals surface area contributed by atoms with Crippen LogP contribution in [0.25, 0.3) is 0 Å². The van der Waals surface area contributed by atoms with Crippen molar-refractivity contribution in [3.8, 4) is 17.4 Å². The van der Waals surface area contributed by atoms with Crippen molar-refractivity contribution in [2.24, 2.45) is 0 Å². The molecule has 0 bridgehead atoms. The van der Waals surface area contributed by atoms with Crippen molar-refractivity contribution in [1.82, 2.24) is 9.88 Å². The van der Waals surface area contributed by atoms with Crippen LogP contribution in [-0.4, -0.2) is 57.5 Å². The Hall–Kier alpha value is -3.50. The van der Waals surface area contributed by atoms with E-state index in [-0.39, 0.29) is 27.4 Å². The third-order valence-electron chi connectivity index (χ3n) is 5.57. The molecule has 0 unspecified atom stereocenters. The van der Waals surface area contributed by atoms with Gasteiger partial charge in [0.15, 0.2) is 0 Å². The van der Waals surface area contributed by atoms with Gasteiger partial charge in [-0.1, -0.05) is 11.6 Å². The molecule has 0 atom stereocenters. The minimum atomic E-state index is -3.82. The number of anilines is 2. The molecule has 2 aromatic carbocycles. The number of carbonyl (C=O) groups is 1. The number of benzene rings is 2. The third-order valence-corrected chi connectivity index (χ3v) is 7.24. The summed E-state index contributed by atoms with van der Waals surface area (Å²) in [6, 6.07) is 14.9. The molecule has 11 heteroatoms. The van der Waals surface area contributed by atoms with Crippen molar-refractivity contribution in [3.05, 3.63) is 65.8 Å². The van der Waals surface area contributed by atoms with E-state index in [9.17, 15) is 13.2 Å². The summed E-state index contributed by atoms with van der Waals surface area (Å²) in [5.74, 6) is 1.34. The molecule has 0 aliphatic carbocycles. The molecular weight excluding hydrogens is 492 g/mol. The fourth-order valence-corrected chi connectivity index (χ4v) is 4.88. The molecule has 1 aliphatic rings. The number of carbonyl (C=O) groups excluding carboxylic acids is 1. The topological polar surface area (TPSA) is 101 Å². The van der Waals surface area contributed by atoms with E-state index >= 15 is 0 Å². The van der Waals surface area contributed by atoms with E-state index in [0.29, 0.717) is 24.6 Å². The smallest absolute Gasteiger partial charge is 0.261 e. The molecule has 1 fully saturated rings. The number of nitrogens with one attached hydrogen (secondary N) is 1. The number of rotatable bonds is 7. The van der Waals surface area contributed by atoms with E-state index in [1.165, 1.54) is 31.5 Å². The Balaban J connectivity index is 1.39. The number of methoxy groups -OCH3 is 1. The van der Waals surface area contributed by atoms with Crippen LogP contribution < -0.4 is 19.1 Å². The zero-order valence-corrected chi connectivity index (χ0v) is 20.8. The largest absolute Gasteiger partial charge is 0.497 e. The fraction of sp³-hybridized carbons (Fsp3) is 0.250. The van der Waals surface area contributed by atoms with E-state index < -0.39 is 10.0 Å². The van der Waals surface area contributed by atoms with E-state index in [1.54, 1.807) is 19.1 Å². The van der Waals surface area contributed by atoms with Gasteiger partial charge in [0.05, 0.1) is 23.9 Å². The molecule has 2 heterocycles. The molecule has 3 aromatic rings. The average Bonchev–Trinajstić information content (AvgIpc) is 2.86. The third kappa shape index (κ3) is 5.95. The lowest BCUT2D eigenvalue weighted by Crippen LogP contribution is -2.48. The van der Waals surface area contributed by atoms with Gasteiger partial charge in [0, 0.05) is 38.8 Å². The molecule has 0 radical (unpaired) electrons. The maximum Gasteiger partial charge on any atom is 0.261 e. The Kier molecular flexibility index (Phi) is 7.32. The molecule has 1 amide bonds. The number of amides is 1. The molecule has 0 spiro atoms. The minimum absolute atomic E-state index is 0.0811. The predicted octanol–water partition coefficient (Wildman–Crippen LogP) is 4.01. The summed E-state index contributed by atoms with van der Waals surface area (Å²) >= 11 is 6.31. The number of piperazine rings is 1. The van der Waals surface area contributed by atoms with Gasteiger partial charge in [-0.05, 0) is 54.6 Å². The van der Waals surface area contributed by atoms with Gasteiger partial charge in [-0.3, -0.25) is 9.52 Å². The first-order valence-corrected chi connectivity index (χ1v) is 12.7. The Morgan fingerprint density at radius 1 is 1.00 bits per heavy atom. The Morgan fingerprint density at radius 3 is 2.20 bits per heavy atom. The zero-order valence-electron chi connectivity index (χ0n) is 19.3. The van der Waals surface area contributed by atoms with Gasteiger partial charge in [0.25, 0.3) is 10.0 Å². The van der Waals surface area contributed by atoms with Gasteiger partial charge in [0.2, 0.25) is 11.8 Å². The van der Waals surface area contributed by atoms with Crippen molar-refractivity contribution in [3.63, 3.8) is 0 Å². The van der Waals surface area contributed by atoms with Crippen LogP contribution in [0.1, 0.15) is 6.92 Å². The standard InChI is InChI=1S/C24H25ClN4O5S/c1-17(30)28-11-13-29(14-12-28)19-3-5-21(6-4-19)34-24-23(25)15-18(16-26-24)27-35(31,32)22-9-7-20(33-2)8-10-22/h3-10,15-16,27H,11-14H2,1-2H3. The summed E-state index contributed by atoms with van der Waals surface area (Å²) in [6.07, 6.45) is 1.34. The highest BCUT2D eigenvalue weighted by molar-refractivity contribution is 7.92. The second-order valence-corrected chi connectivity index (χ2v) is 9.97. The summed E-state index contributed by atoms with van der Waals surface area (Å²) in [7, 11) is -2.32. The molecule has 1 aliphatic heterocycles. The zero-order chi connectivity index (χ0) is 25.0. The number of nitrogens with zero attached hydrogens (tertiary/aromatic N) is 3. The number of hydrogen-bond donors (Lipinski definition) is 1. The van der Waals surface area contributed by atoms with Gasteiger partial charge in [-0.15, -0.1) is 0 Å². The minimum Gasteiger partial charge on any atom is -0.497 e. The molecule has 1 N–H and O–H groups in total. The maximum atomic E-state index is 12.6. The van der Waals surface area contributed by atoms with Gasteiger partial charge in [0.1, 0.15) is 16.5 Å². The summed E-state index contributed by atoms with van der Waals surface area (Å²) in [6.45, 7) is 4.51. The van der Waals surface area contributed by atoms with Crippen molar-refractivity contribution in [1.29, 1.82) is 0 Å². The lowest BCUT2D eigenvalue weighted by molar-refractivity contribution is -0.129. The second kappa shape index (κ2) is 10.4. The molecule has 1 aromatic heterocycles. The van der Waals surface area contributed by atoms with Gasteiger partial charge < -0.3 is 19.3 Å². The van der Waals surface area contributed by atoms with Crippen molar-refractivity contribution < 1.29 is 22.7 Å². The lowest BCUT2D eigenvalue weighted by atomic mass is 10.2. The monoisotopic (exact) mass is 516 g/mol. The number of ether oxygens (including phenoxy) is 2. The molecular formula is C24H25ClN4O5S. The molecule has 1 saturated heterocycles. The lowest BCUT2D eigenvalue weighted by Gasteiger charge is -2.35. The molecule has 4 rings (SSSR count). The first kappa shape index (κ1) is 24.6. The van der Waals surface area contributed by atoms with Crippen LogP contribution in [0.2, 0.25) is 5.02 Å². The Morgan fingerprint density at radius 2 is 1.63 bits per heavy atom. The van der Waals surface area contributed by atoms with Crippen LogP contribution in [0.15, 0.2) is 65.7 Å². The summed E-state index contributed by atoms with van der Waals surface area (Å²) in [5.41, 5.74) is 1.24. The summed E-state index contributed by atoms with van der Waals surface area (Å²) in [4.78, 5) is 19.8. The fourth-order valence-electron chi connectivity index (χ4n) is 3.64. The number of sulfonamides is 1. The van der Waals surface area contributed by atoms with Gasteiger partial charge in [-0.2, -0.15) is 0 Å². The highest BCUT2D eigenvalue weighted by atomic mass is 35.5. The van der Waals surface area contributed by atoms with Crippen molar-refractivity contribution >= 4 is 38.9 Å². The number of aromatic nitrogens is 1. The van der Waals surface area contributed by atoms with Gasteiger partial charge >= 0.3 is 0 Å². The normalized spacial score (nSPS) is 13.9. The Bertz CT molecular complexity index is 1290. The highest BCUT2D eigenvalue weighted by Gasteiger charge is 2.19. The average molecular weight is 517 g/mol. The van der Waals surface area contributed by atoms with Crippen LogP contribution in [0, 0.1) is 0 Å². The Labute approximate surface area is 209 Å². The van der Waals surface area contributed by atoms with Crippen LogP contribution >= 0.6 is 11.6 Å². The SMILES string of the molecule is COc1ccc(S(=O)(=O)Nc2cnc(Oc3ccc(N4CCN(C(C)=O)CC4)cc3)c(Cl)c2)cc1. The van der Waals surface area contributed by atoms with Crippen molar-refractivity contribution in [2.75, 3.05) is 42.9 Å². The highest BCUT2D eigenvalue weighted by Crippen LogP contribution is 2.31.